The molecule has 9 heteroatoms. The van der Waals surface area contributed by atoms with Gasteiger partial charge in [0.2, 0.25) is 21.8 Å². The van der Waals surface area contributed by atoms with Crippen LogP contribution in [0.4, 0.5) is 5.69 Å². The van der Waals surface area contributed by atoms with E-state index in [-0.39, 0.29) is 18.5 Å². The first kappa shape index (κ1) is 27.2. The number of sulfonamides is 1. The van der Waals surface area contributed by atoms with E-state index >= 15 is 0 Å². The highest BCUT2D eigenvalue weighted by Gasteiger charge is 2.30. The Hall–Kier alpha value is -3.07. The SMILES string of the molecule is CCC(C)NC(=O)C(C)N(Cc1cccc(C)c1)C(=O)CN(c1ccc(OC)cc1)S(C)(=O)=O. The summed E-state index contributed by atoms with van der Waals surface area (Å²) < 4.78 is 31.3. The van der Waals surface area contributed by atoms with Gasteiger partial charge >= 0.3 is 0 Å². The minimum Gasteiger partial charge on any atom is -0.497 e. The van der Waals surface area contributed by atoms with Crippen LogP contribution in [0.5, 0.6) is 5.75 Å². The number of hydrogen-bond donors (Lipinski definition) is 1. The van der Waals surface area contributed by atoms with Crippen LogP contribution >= 0.6 is 0 Å². The van der Waals surface area contributed by atoms with Crippen molar-refractivity contribution in [3.8, 4) is 5.75 Å². The summed E-state index contributed by atoms with van der Waals surface area (Å²) in [5.41, 5.74) is 2.22. The fourth-order valence-electron chi connectivity index (χ4n) is 3.42. The van der Waals surface area contributed by atoms with Crippen molar-refractivity contribution in [2.24, 2.45) is 0 Å². The molecule has 186 valence electrons. The van der Waals surface area contributed by atoms with Gasteiger partial charge in [-0.3, -0.25) is 13.9 Å². The third-order valence-electron chi connectivity index (χ3n) is 5.64. The molecule has 0 aliphatic heterocycles. The molecule has 0 aliphatic rings. The molecule has 0 fully saturated rings. The standard InChI is InChI=1S/C25H35N3O5S/c1-7-19(3)26-25(30)20(4)27(16-21-10-8-9-18(2)15-21)24(29)17-28(34(6,31)32)22-11-13-23(33-5)14-12-22/h8-15,19-20H,7,16-17H2,1-6H3,(H,26,30). The molecule has 2 aromatic carbocycles. The van der Waals surface area contributed by atoms with Crippen LogP contribution in [-0.4, -0.2) is 57.1 Å². The van der Waals surface area contributed by atoms with Gasteiger partial charge < -0.3 is 15.0 Å². The normalized spacial score (nSPS) is 13.0. The van der Waals surface area contributed by atoms with Gasteiger partial charge in [0.25, 0.3) is 0 Å². The molecule has 0 bridgehead atoms. The lowest BCUT2D eigenvalue weighted by Crippen LogP contribution is -2.52. The Kier molecular flexibility index (Phi) is 9.49. The number of nitrogens with one attached hydrogen (secondary N) is 1. The fraction of sp³-hybridized carbons (Fsp3) is 0.440. The average molecular weight is 490 g/mol. The van der Waals surface area contributed by atoms with Crippen LogP contribution in [0.15, 0.2) is 48.5 Å². The van der Waals surface area contributed by atoms with E-state index in [1.807, 2.05) is 45.0 Å². The van der Waals surface area contributed by atoms with E-state index < -0.39 is 28.5 Å². The van der Waals surface area contributed by atoms with E-state index in [1.165, 1.54) is 12.0 Å². The number of amides is 2. The van der Waals surface area contributed by atoms with E-state index in [0.717, 1.165) is 28.1 Å². The molecule has 0 spiro atoms. The number of rotatable bonds is 11. The second-order valence-electron chi connectivity index (χ2n) is 8.47. The Bertz CT molecular complexity index is 1090. The summed E-state index contributed by atoms with van der Waals surface area (Å²) in [7, 11) is -2.25. The van der Waals surface area contributed by atoms with Crippen molar-refractivity contribution in [3.63, 3.8) is 0 Å². The Balaban J connectivity index is 2.37. The van der Waals surface area contributed by atoms with E-state index in [0.29, 0.717) is 11.4 Å². The molecule has 0 saturated carbocycles. The molecule has 0 radical (unpaired) electrons. The molecule has 2 aromatic rings. The number of anilines is 1. The molecule has 1 N–H and O–H groups in total. The summed E-state index contributed by atoms with van der Waals surface area (Å²) in [6.07, 6.45) is 1.80. The maximum atomic E-state index is 13.5. The first-order chi connectivity index (χ1) is 16.0. The second-order valence-corrected chi connectivity index (χ2v) is 10.4. The molecule has 2 amide bonds. The lowest BCUT2D eigenvalue weighted by atomic mass is 10.1. The van der Waals surface area contributed by atoms with E-state index in [4.69, 9.17) is 4.74 Å². The van der Waals surface area contributed by atoms with Gasteiger partial charge in [-0.25, -0.2) is 8.42 Å². The maximum absolute atomic E-state index is 13.5. The third kappa shape index (κ3) is 7.48. The van der Waals surface area contributed by atoms with Crippen LogP contribution in [0, 0.1) is 6.92 Å². The van der Waals surface area contributed by atoms with Crippen LogP contribution in [0.1, 0.15) is 38.3 Å². The van der Waals surface area contributed by atoms with Crippen LogP contribution in [0.2, 0.25) is 0 Å². The molecule has 34 heavy (non-hydrogen) atoms. The van der Waals surface area contributed by atoms with Gasteiger partial charge in [0.05, 0.1) is 19.1 Å². The number of hydrogen-bond acceptors (Lipinski definition) is 5. The molecular formula is C25H35N3O5S. The average Bonchev–Trinajstić information content (AvgIpc) is 2.79. The van der Waals surface area contributed by atoms with Crippen molar-refractivity contribution in [1.82, 2.24) is 10.2 Å². The Labute approximate surface area is 202 Å². The van der Waals surface area contributed by atoms with Gasteiger partial charge in [0.15, 0.2) is 0 Å². The van der Waals surface area contributed by atoms with Crippen LogP contribution in [-0.2, 0) is 26.2 Å². The highest BCUT2D eigenvalue weighted by molar-refractivity contribution is 7.92. The van der Waals surface area contributed by atoms with Crippen molar-refractivity contribution >= 4 is 27.5 Å². The predicted molar refractivity (Wildman–Crippen MR) is 134 cm³/mol. The van der Waals surface area contributed by atoms with Gasteiger partial charge in [-0.05, 0) is 57.0 Å². The predicted octanol–water partition coefficient (Wildman–Crippen LogP) is 3.10. The van der Waals surface area contributed by atoms with Crippen LogP contribution in [0.3, 0.4) is 0 Å². The summed E-state index contributed by atoms with van der Waals surface area (Å²) >= 11 is 0. The molecule has 2 atom stereocenters. The van der Waals surface area contributed by atoms with Crippen molar-refractivity contribution in [2.45, 2.75) is 52.7 Å². The number of aryl methyl sites for hydroxylation is 1. The smallest absolute Gasteiger partial charge is 0.244 e. The number of ether oxygens (including phenoxy) is 1. The molecule has 0 saturated heterocycles. The lowest BCUT2D eigenvalue weighted by molar-refractivity contribution is -0.139. The second kappa shape index (κ2) is 11.9. The molecular weight excluding hydrogens is 454 g/mol. The summed E-state index contributed by atoms with van der Waals surface area (Å²) in [5.74, 6) is -0.194. The fourth-order valence-corrected chi connectivity index (χ4v) is 4.27. The molecule has 8 nitrogen and oxygen atoms in total. The molecule has 0 aliphatic carbocycles. The van der Waals surface area contributed by atoms with Crippen molar-refractivity contribution in [3.05, 3.63) is 59.7 Å². The monoisotopic (exact) mass is 489 g/mol. The molecule has 2 unspecified atom stereocenters. The minimum atomic E-state index is -3.77. The number of methoxy groups -OCH3 is 1. The first-order valence-corrected chi connectivity index (χ1v) is 13.1. The maximum Gasteiger partial charge on any atom is 0.244 e. The number of nitrogens with zero attached hydrogens (tertiary/aromatic N) is 2. The lowest BCUT2D eigenvalue weighted by Gasteiger charge is -2.32. The van der Waals surface area contributed by atoms with Gasteiger partial charge in [-0.15, -0.1) is 0 Å². The Morgan fingerprint density at radius 3 is 2.26 bits per heavy atom. The molecule has 2 rings (SSSR count). The van der Waals surface area contributed by atoms with Gasteiger partial charge in [-0.1, -0.05) is 36.8 Å². The zero-order valence-corrected chi connectivity index (χ0v) is 21.6. The third-order valence-corrected chi connectivity index (χ3v) is 6.78. The number of benzene rings is 2. The van der Waals surface area contributed by atoms with Crippen molar-refractivity contribution in [1.29, 1.82) is 0 Å². The van der Waals surface area contributed by atoms with Gasteiger partial charge in [0.1, 0.15) is 18.3 Å². The Morgan fingerprint density at radius 1 is 1.09 bits per heavy atom. The summed E-state index contributed by atoms with van der Waals surface area (Å²) in [6.45, 7) is 7.21. The zero-order valence-electron chi connectivity index (χ0n) is 20.7. The minimum absolute atomic E-state index is 0.0438. The van der Waals surface area contributed by atoms with Crippen molar-refractivity contribution < 1.29 is 22.7 Å². The Morgan fingerprint density at radius 2 is 1.74 bits per heavy atom. The number of carbonyl (C=O) groups is 2. The highest BCUT2D eigenvalue weighted by Crippen LogP contribution is 2.22. The van der Waals surface area contributed by atoms with E-state index in [9.17, 15) is 18.0 Å². The highest BCUT2D eigenvalue weighted by atomic mass is 32.2. The molecule has 0 heterocycles. The summed E-state index contributed by atoms with van der Waals surface area (Å²) in [5, 5.41) is 2.91. The van der Waals surface area contributed by atoms with E-state index in [1.54, 1.807) is 31.2 Å². The van der Waals surface area contributed by atoms with Crippen LogP contribution in [0.25, 0.3) is 0 Å². The van der Waals surface area contributed by atoms with Gasteiger partial charge in [0, 0.05) is 12.6 Å². The first-order valence-electron chi connectivity index (χ1n) is 11.2. The largest absolute Gasteiger partial charge is 0.497 e. The van der Waals surface area contributed by atoms with Crippen LogP contribution < -0.4 is 14.4 Å². The number of carbonyl (C=O) groups excluding carboxylic acids is 2. The summed E-state index contributed by atoms with van der Waals surface area (Å²) in [4.78, 5) is 27.8. The topological polar surface area (TPSA) is 96.0 Å². The molecule has 0 aromatic heterocycles. The summed E-state index contributed by atoms with van der Waals surface area (Å²) in [6, 6.07) is 13.2. The van der Waals surface area contributed by atoms with Crippen molar-refractivity contribution in [2.75, 3.05) is 24.2 Å². The van der Waals surface area contributed by atoms with E-state index in [2.05, 4.69) is 5.32 Å². The zero-order chi connectivity index (χ0) is 25.5. The van der Waals surface area contributed by atoms with Gasteiger partial charge in [-0.2, -0.15) is 0 Å². The quantitative estimate of drug-likeness (QED) is 0.523.